The van der Waals surface area contributed by atoms with Gasteiger partial charge in [0.1, 0.15) is 0 Å². The maximum atomic E-state index is 2.76. The van der Waals surface area contributed by atoms with E-state index in [1.54, 1.807) is 0 Å². The number of nitrogens with zero attached hydrogens (tertiary/aromatic N) is 1. The van der Waals surface area contributed by atoms with E-state index >= 15 is 0 Å². The van der Waals surface area contributed by atoms with Crippen LogP contribution in [0.15, 0.2) is 0 Å². The Hall–Kier alpha value is 0.690. The van der Waals surface area contributed by atoms with E-state index in [0.717, 1.165) is 6.04 Å². The van der Waals surface area contributed by atoms with E-state index in [1.807, 2.05) is 0 Å². The molecule has 0 N–H and O–H groups in total. The van der Waals surface area contributed by atoms with Gasteiger partial charge >= 0.3 is 0 Å². The number of unbranched alkanes of at least 4 members (excludes halogenated alkanes) is 6. The lowest BCUT2D eigenvalue weighted by Crippen LogP contribution is -2.32. The molecular formula is C17H36IN. The number of likely N-dealkylation sites (tertiary alicyclic amines) is 1. The predicted octanol–water partition coefficient (Wildman–Crippen LogP) is 6.01. The van der Waals surface area contributed by atoms with Crippen LogP contribution in [0, 0.1) is 0 Å². The van der Waals surface area contributed by atoms with Gasteiger partial charge in [-0.15, -0.1) is 24.0 Å². The van der Waals surface area contributed by atoms with E-state index in [0.29, 0.717) is 0 Å². The van der Waals surface area contributed by atoms with Crippen molar-refractivity contribution < 1.29 is 0 Å². The Kier molecular flexibility index (Phi) is 14.2. The molecule has 0 aliphatic carbocycles. The molecule has 1 heterocycles. The average Bonchev–Trinajstić information content (AvgIpc) is 2.90. The molecule has 1 rings (SSSR count). The van der Waals surface area contributed by atoms with Gasteiger partial charge in [0.25, 0.3) is 0 Å². The van der Waals surface area contributed by atoms with E-state index in [4.69, 9.17) is 0 Å². The largest absolute Gasteiger partial charge is 0.300 e. The smallest absolute Gasteiger partial charge is 0.00951 e. The summed E-state index contributed by atoms with van der Waals surface area (Å²) >= 11 is 0. The van der Waals surface area contributed by atoms with Gasteiger partial charge in [-0.25, -0.2) is 0 Å². The highest BCUT2D eigenvalue weighted by Crippen LogP contribution is 2.20. The lowest BCUT2D eigenvalue weighted by molar-refractivity contribution is 0.213. The number of hydrogen-bond acceptors (Lipinski definition) is 1. The molecule has 1 aliphatic rings. The molecule has 1 unspecified atom stereocenters. The summed E-state index contributed by atoms with van der Waals surface area (Å²) in [4.78, 5) is 2.76. The summed E-state index contributed by atoms with van der Waals surface area (Å²) < 4.78 is 0. The summed E-state index contributed by atoms with van der Waals surface area (Å²) in [7, 11) is 0. The van der Waals surface area contributed by atoms with Crippen LogP contribution in [-0.4, -0.2) is 24.0 Å². The van der Waals surface area contributed by atoms with Crippen LogP contribution in [0.1, 0.15) is 90.9 Å². The van der Waals surface area contributed by atoms with E-state index in [-0.39, 0.29) is 24.0 Å². The second kappa shape index (κ2) is 13.7. The van der Waals surface area contributed by atoms with Gasteiger partial charge in [-0.05, 0) is 38.8 Å². The molecule has 1 atom stereocenters. The Balaban J connectivity index is 0.00000324. The molecule has 0 aromatic heterocycles. The van der Waals surface area contributed by atoms with Crippen molar-refractivity contribution >= 4 is 24.0 Å². The third-order valence-corrected chi connectivity index (χ3v) is 4.42. The van der Waals surface area contributed by atoms with Crippen molar-refractivity contribution in [2.75, 3.05) is 13.1 Å². The fourth-order valence-corrected chi connectivity index (χ4v) is 3.29. The molecule has 0 saturated carbocycles. The molecule has 1 saturated heterocycles. The topological polar surface area (TPSA) is 3.24 Å². The summed E-state index contributed by atoms with van der Waals surface area (Å²) in [5, 5.41) is 0. The molecule has 0 radical (unpaired) electrons. The molecule has 0 amide bonds. The highest BCUT2D eigenvalue weighted by molar-refractivity contribution is 14.0. The van der Waals surface area contributed by atoms with Crippen LogP contribution in [0.3, 0.4) is 0 Å². The molecule has 19 heavy (non-hydrogen) atoms. The minimum atomic E-state index is 0. The molecule has 2 heteroatoms. The first-order valence-corrected chi connectivity index (χ1v) is 8.62. The Morgan fingerprint density at radius 3 is 1.89 bits per heavy atom. The first kappa shape index (κ1) is 19.7. The van der Waals surface area contributed by atoms with Gasteiger partial charge in [-0.2, -0.15) is 0 Å². The zero-order valence-electron chi connectivity index (χ0n) is 13.3. The average molecular weight is 381 g/mol. The van der Waals surface area contributed by atoms with Gasteiger partial charge in [0.2, 0.25) is 0 Å². The zero-order valence-corrected chi connectivity index (χ0v) is 15.7. The molecule has 1 nitrogen and oxygen atoms in total. The van der Waals surface area contributed by atoms with Crippen molar-refractivity contribution in [1.29, 1.82) is 0 Å². The van der Waals surface area contributed by atoms with E-state index < -0.39 is 0 Å². The minimum absolute atomic E-state index is 0. The van der Waals surface area contributed by atoms with Crippen molar-refractivity contribution in [2.45, 2.75) is 96.9 Å². The van der Waals surface area contributed by atoms with Gasteiger partial charge in [0.05, 0.1) is 0 Å². The first-order chi connectivity index (χ1) is 8.88. The van der Waals surface area contributed by atoms with Crippen LogP contribution >= 0.6 is 24.0 Å². The van der Waals surface area contributed by atoms with Crippen molar-refractivity contribution in [3.8, 4) is 0 Å². The lowest BCUT2D eigenvalue weighted by atomic mass is 10.0. The van der Waals surface area contributed by atoms with Crippen molar-refractivity contribution in [1.82, 2.24) is 4.90 Å². The van der Waals surface area contributed by atoms with Crippen LogP contribution in [0.5, 0.6) is 0 Å². The maximum Gasteiger partial charge on any atom is 0.00951 e. The number of rotatable bonds is 11. The highest BCUT2D eigenvalue weighted by Gasteiger charge is 2.20. The summed E-state index contributed by atoms with van der Waals surface area (Å²) in [5.41, 5.74) is 0. The van der Waals surface area contributed by atoms with E-state index in [2.05, 4.69) is 18.7 Å². The first-order valence-electron chi connectivity index (χ1n) is 8.62. The third-order valence-electron chi connectivity index (χ3n) is 4.42. The summed E-state index contributed by atoms with van der Waals surface area (Å²) in [6, 6.07) is 0.910. The highest BCUT2D eigenvalue weighted by atomic mass is 127. The Labute approximate surface area is 138 Å². The minimum Gasteiger partial charge on any atom is -0.300 e. The van der Waals surface area contributed by atoms with E-state index in [9.17, 15) is 0 Å². The van der Waals surface area contributed by atoms with Crippen molar-refractivity contribution in [3.63, 3.8) is 0 Å². The summed E-state index contributed by atoms with van der Waals surface area (Å²) in [6.07, 6.45) is 17.3. The zero-order chi connectivity index (χ0) is 13.1. The van der Waals surface area contributed by atoms with Crippen LogP contribution in [-0.2, 0) is 0 Å². The number of halogens is 1. The van der Waals surface area contributed by atoms with Crippen LogP contribution < -0.4 is 0 Å². The van der Waals surface area contributed by atoms with E-state index in [1.165, 1.54) is 90.1 Å². The molecular weight excluding hydrogens is 345 g/mol. The SMILES string of the molecule is CCCCCCCCCC(CCC)N1CCCC1.I. The second-order valence-electron chi connectivity index (χ2n) is 6.10. The summed E-state index contributed by atoms with van der Waals surface area (Å²) in [5.74, 6) is 0. The molecule has 0 bridgehead atoms. The molecule has 0 spiro atoms. The van der Waals surface area contributed by atoms with Gasteiger partial charge in [0, 0.05) is 6.04 Å². The normalized spacial score (nSPS) is 17.4. The lowest BCUT2D eigenvalue weighted by Gasteiger charge is -2.27. The van der Waals surface area contributed by atoms with Crippen LogP contribution in [0.2, 0.25) is 0 Å². The third kappa shape index (κ3) is 9.28. The quantitative estimate of drug-likeness (QED) is 0.313. The van der Waals surface area contributed by atoms with Gasteiger partial charge in [-0.3, -0.25) is 0 Å². The summed E-state index contributed by atoms with van der Waals surface area (Å²) in [6.45, 7) is 7.39. The monoisotopic (exact) mass is 381 g/mol. The molecule has 1 aliphatic heterocycles. The Bertz CT molecular complexity index is 178. The predicted molar refractivity (Wildman–Crippen MR) is 97.5 cm³/mol. The van der Waals surface area contributed by atoms with Gasteiger partial charge < -0.3 is 4.90 Å². The maximum absolute atomic E-state index is 2.76. The van der Waals surface area contributed by atoms with Gasteiger partial charge in [0.15, 0.2) is 0 Å². The van der Waals surface area contributed by atoms with Crippen LogP contribution in [0.25, 0.3) is 0 Å². The molecule has 1 fully saturated rings. The fourth-order valence-electron chi connectivity index (χ4n) is 3.29. The number of hydrogen-bond donors (Lipinski definition) is 0. The fraction of sp³-hybridized carbons (Fsp3) is 1.00. The molecule has 116 valence electrons. The van der Waals surface area contributed by atoms with Gasteiger partial charge in [-0.1, -0.05) is 65.2 Å². The second-order valence-corrected chi connectivity index (χ2v) is 6.10. The molecule has 0 aromatic carbocycles. The Morgan fingerprint density at radius 1 is 0.737 bits per heavy atom. The standard InChI is InChI=1S/C17H35N.HI/c1-3-5-6-7-8-9-10-14-17(13-4-2)18-15-11-12-16-18;/h17H,3-16H2,1-2H3;1H. The van der Waals surface area contributed by atoms with Crippen LogP contribution in [0.4, 0.5) is 0 Å². The molecule has 0 aromatic rings. The Morgan fingerprint density at radius 2 is 1.32 bits per heavy atom. The van der Waals surface area contributed by atoms with Crippen molar-refractivity contribution in [2.24, 2.45) is 0 Å². The van der Waals surface area contributed by atoms with Crippen molar-refractivity contribution in [3.05, 3.63) is 0 Å².